The van der Waals surface area contributed by atoms with Crippen molar-refractivity contribution in [1.29, 1.82) is 0 Å². The highest BCUT2D eigenvalue weighted by molar-refractivity contribution is 7.92. The van der Waals surface area contributed by atoms with Gasteiger partial charge in [0.15, 0.2) is 5.82 Å². The predicted octanol–water partition coefficient (Wildman–Crippen LogP) is 0.761. The summed E-state index contributed by atoms with van der Waals surface area (Å²) in [6.45, 7) is 1.59. The van der Waals surface area contributed by atoms with Gasteiger partial charge < -0.3 is 10.3 Å². The number of hydrogen-bond donors (Lipinski definition) is 2. The van der Waals surface area contributed by atoms with Crippen LogP contribution in [-0.4, -0.2) is 18.6 Å². The van der Waals surface area contributed by atoms with Crippen molar-refractivity contribution in [2.45, 2.75) is 11.8 Å². The molecule has 0 saturated carbocycles. The molecular weight excluding hydrogens is 244 g/mol. The molecule has 1 aromatic carbocycles. The van der Waals surface area contributed by atoms with Crippen LogP contribution in [0.4, 0.5) is 11.7 Å². The number of nitrogens with one attached hydrogen (secondary N) is 1. The largest absolute Gasteiger partial charge is 0.399 e. The van der Waals surface area contributed by atoms with E-state index in [1.165, 1.54) is 12.1 Å². The molecular formula is C9H10N4O3S. The Labute approximate surface area is 97.7 Å². The Bertz CT molecular complexity index is 635. The average Bonchev–Trinajstić information content (AvgIpc) is 2.63. The highest BCUT2D eigenvalue weighted by atomic mass is 32.2. The smallest absolute Gasteiger partial charge is 0.335 e. The zero-order chi connectivity index (χ0) is 12.5. The van der Waals surface area contributed by atoms with Crippen molar-refractivity contribution in [3.8, 4) is 0 Å². The second-order valence-electron chi connectivity index (χ2n) is 3.32. The molecule has 0 fully saturated rings. The molecule has 0 amide bonds. The van der Waals surface area contributed by atoms with Gasteiger partial charge in [0.1, 0.15) is 0 Å². The van der Waals surface area contributed by atoms with Crippen molar-refractivity contribution in [1.82, 2.24) is 10.1 Å². The van der Waals surface area contributed by atoms with Crippen LogP contribution in [0.1, 0.15) is 5.82 Å². The van der Waals surface area contributed by atoms with E-state index >= 15 is 0 Å². The van der Waals surface area contributed by atoms with Gasteiger partial charge in [-0.2, -0.15) is 4.98 Å². The molecule has 0 atom stereocenters. The number of aryl methyl sites for hydroxylation is 1. The molecule has 17 heavy (non-hydrogen) atoms. The van der Waals surface area contributed by atoms with Gasteiger partial charge in [-0.3, -0.25) is 0 Å². The van der Waals surface area contributed by atoms with Crippen LogP contribution in [0.3, 0.4) is 0 Å². The van der Waals surface area contributed by atoms with Gasteiger partial charge in [0.25, 0.3) is 10.0 Å². The molecule has 2 aromatic rings. The third-order valence-electron chi connectivity index (χ3n) is 1.92. The summed E-state index contributed by atoms with van der Waals surface area (Å²) in [6.07, 6.45) is 0. The van der Waals surface area contributed by atoms with Gasteiger partial charge in [0.2, 0.25) is 0 Å². The first-order valence-corrected chi connectivity index (χ1v) is 6.14. The molecule has 2 rings (SSSR count). The number of benzene rings is 1. The molecule has 0 aliphatic heterocycles. The SMILES string of the molecule is Cc1noc(NS(=O)(=O)c2cccc(N)c2)n1. The number of nitrogens with two attached hydrogens (primary N) is 1. The minimum Gasteiger partial charge on any atom is -0.399 e. The van der Waals surface area contributed by atoms with Crippen molar-refractivity contribution < 1.29 is 12.9 Å². The van der Waals surface area contributed by atoms with E-state index in [1.807, 2.05) is 0 Å². The minimum atomic E-state index is -3.75. The van der Waals surface area contributed by atoms with Crippen molar-refractivity contribution >= 4 is 21.7 Å². The van der Waals surface area contributed by atoms with E-state index in [2.05, 4.69) is 19.4 Å². The lowest BCUT2D eigenvalue weighted by Crippen LogP contribution is -2.13. The van der Waals surface area contributed by atoms with Crippen molar-refractivity contribution in [2.24, 2.45) is 0 Å². The average molecular weight is 254 g/mol. The van der Waals surface area contributed by atoms with Crippen molar-refractivity contribution in [3.63, 3.8) is 0 Å². The number of sulfonamides is 1. The number of hydrogen-bond acceptors (Lipinski definition) is 6. The molecule has 7 nitrogen and oxygen atoms in total. The van der Waals surface area contributed by atoms with Gasteiger partial charge in [-0.25, -0.2) is 13.1 Å². The number of nitrogens with zero attached hydrogens (tertiary/aromatic N) is 2. The molecule has 1 heterocycles. The normalized spacial score (nSPS) is 11.4. The van der Waals surface area contributed by atoms with Crippen LogP contribution in [0.15, 0.2) is 33.7 Å². The third kappa shape index (κ3) is 2.53. The first kappa shape index (κ1) is 11.4. The molecule has 0 radical (unpaired) electrons. The van der Waals surface area contributed by atoms with E-state index in [1.54, 1.807) is 19.1 Å². The third-order valence-corrected chi connectivity index (χ3v) is 3.24. The highest BCUT2D eigenvalue weighted by Gasteiger charge is 2.17. The summed E-state index contributed by atoms with van der Waals surface area (Å²) < 4.78 is 30.6. The maximum Gasteiger partial charge on any atom is 0.335 e. The summed E-state index contributed by atoms with van der Waals surface area (Å²) >= 11 is 0. The lowest BCUT2D eigenvalue weighted by molar-refractivity contribution is 0.429. The van der Waals surface area contributed by atoms with Crippen LogP contribution in [0, 0.1) is 6.92 Å². The Morgan fingerprint density at radius 2 is 2.18 bits per heavy atom. The van der Waals surface area contributed by atoms with Gasteiger partial charge in [-0.05, 0) is 25.1 Å². The van der Waals surface area contributed by atoms with Crippen LogP contribution in [-0.2, 0) is 10.0 Å². The number of rotatable bonds is 3. The predicted molar refractivity (Wildman–Crippen MR) is 60.7 cm³/mol. The molecule has 0 unspecified atom stereocenters. The fourth-order valence-corrected chi connectivity index (χ4v) is 2.17. The Morgan fingerprint density at radius 3 is 2.76 bits per heavy atom. The molecule has 0 bridgehead atoms. The van der Waals surface area contributed by atoms with E-state index in [-0.39, 0.29) is 10.9 Å². The van der Waals surface area contributed by atoms with Crippen molar-refractivity contribution in [3.05, 3.63) is 30.1 Å². The maximum atomic E-state index is 11.9. The topological polar surface area (TPSA) is 111 Å². The molecule has 0 aliphatic carbocycles. The lowest BCUT2D eigenvalue weighted by Gasteiger charge is -2.04. The number of nitrogen functional groups attached to an aromatic ring is 1. The Morgan fingerprint density at radius 1 is 1.41 bits per heavy atom. The Kier molecular flexibility index (Phi) is 2.72. The zero-order valence-corrected chi connectivity index (χ0v) is 9.73. The fraction of sp³-hybridized carbons (Fsp3) is 0.111. The molecule has 8 heteroatoms. The lowest BCUT2D eigenvalue weighted by atomic mass is 10.3. The molecule has 0 spiro atoms. The summed E-state index contributed by atoms with van der Waals surface area (Å²) in [4.78, 5) is 3.78. The highest BCUT2D eigenvalue weighted by Crippen LogP contribution is 2.16. The summed E-state index contributed by atoms with van der Waals surface area (Å²) in [6, 6.07) is 5.72. The quantitative estimate of drug-likeness (QED) is 0.782. The fourth-order valence-electron chi connectivity index (χ4n) is 1.19. The van der Waals surface area contributed by atoms with Crippen LogP contribution in [0.2, 0.25) is 0 Å². The number of anilines is 2. The molecule has 3 N–H and O–H groups in total. The van der Waals surface area contributed by atoms with Gasteiger partial charge in [0, 0.05) is 5.69 Å². The summed E-state index contributed by atoms with van der Waals surface area (Å²) in [5.74, 6) is 0.343. The van der Waals surface area contributed by atoms with Gasteiger partial charge in [-0.1, -0.05) is 11.2 Å². The van der Waals surface area contributed by atoms with Crippen LogP contribution in [0.5, 0.6) is 0 Å². The standard InChI is InChI=1S/C9H10N4O3S/c1-6-11-9(16-12-6)13-17(14,15)8-4-2-3-7(10)5-8/h2-5H,10H2,1H3,(H,11,12,13). The van der Waals surface area contributed by atoms with E-state index in [0.29, 0.717) is 11.5 Å². The van der Waals surface area contributed by atoms with Gasteiger partial charge >= 0.3 is 6.01 Å². The first-order chi connectivity index (χ1) is 7.97. The second-order valence-corrected chi connectivity index (χ2v) is 5.01. The van der Waals surface area contributed by atoms with E-state index in [0.717, 1.165) is 0 Å². The number of aromatic nitrogens is 2. The summed E-state index contributed by atoms with van der Waals surface area (Å²) in [7, 11) is -3.75. The van der Waals surface area contributed by atoms with Crippen LogP contribution in [0.25, 0.3) is 0 Å². The van der Waals surface area contributed by atoms with Crippen LogP contribution >= 0.6 is 0 Å². The Hall–Kier alpha value is -2.09. The zero-order valence-electron chi connectivity index (χ0n) is 8.91. The van der Waals surface area contributed by atoms with Crippen LogP contribution < -0.4 is 10.5 Å². The maximum absolute atomic E-state index is 11.9. The molecule has 0 aliphatic rings. The first-order valence-electron chi connectivity index (χ1n) is 4.66. The minimum absolute atomic E-state index is 0.0355. The van der Waals surface area contributed by atoms with Crippen molar-refractivity contribution in [2.75, 3.05) is 10.5 Å². The summed E-state index contributed by atoms with van der Waals surface area (Å²) in [5, 5.41) is 3.47. The molecule has 0 saturated heterocycles. The monoisotopic (exact) mass is 254 g/mol. The van der Waals surface area contributed by atoms with E-state index in [4.69, 9.17) is 5.73 Å². The van der Waals surface area contributed by atoms with Gasteiger partial charge in [-0.15, -0.1) is 0 Å². The van der Waals surface area contributed by atoms with Gasteiger partial charge in [0.05, 0.1) is 4.90 Å². The Balaban J connectivity index is 2.31. The summed E-state index contributed by atoms with van der Waals surface area (Å²) in [5.41, 5.74) is 5.87. The molecule has 1 aromatic heterocycles. The van der Waals surface area contributed by atoms with E-state index in [9.17, 15) is 8.42 Å². The molecule has 90 valence electrons. The second kappa shape index (κ2) is 4.06. The van der Waals surface area contributed by atoms with E-state index < -0.39 is 10.0 Å².